The fourth-order valence-corrected chi connectivity index (χ4v) is 2.70. The molecule has 2 heterocycles. The zero-order chi connectivity index (χ0) is 16.6. The Morgan fingerprint density at radius 2 is 2.26 bits per heavy atom. The van der Waals surface area contributed by atoms with Crippen LogP contribution >= 0.6 is 11.6 Å². The smallest absolute Gasteiger partial charge is 0.339 e. The minimum atomic E-state index is -0.493. The molecular weight excluding hydrogens is 323 g/mol. The molecule has 0 aliphatic carbocycles. The molecule has 3 N–H and O–H groups in total. The predicted molar refractivity (Wildman–Crippen MR) is 84.3 cm³/mol. The van der Waals surface area contributed by atoms with Crippen LogP contribution in [0.25, 0.3) is 5.57 Å². The van der Waals surface area contributed by atoms with Gasteiger partial charge in [-0.05, 0) is 13.0 Å². The van der Waals surface area contributed by atoms with E-state index in [2.05, 4.69) is 10.4 Å². The molecule has 2 aliphatic heterocycles. The van der Waals surface area contributed by atoms with Crippen LogP contribution in [0.1, 0.15) is 12.5 Å². The van der Waals surface area contributed by atoms with Crippen molar-refractivity contribution in [2.75, 3.05) is 13.2 Å². The van der Waals surface area contributed by atoms with Crippen LogP contribution < -0.4 is 11.2 Å². The van der Waals surface area contributed by atoms with Crippen molar-refractivity contribution in [3.05, 3.63) is 52.9 Å². The third kappa shape index (κ3) is 2.58. The van der Waals surface area contributed by atoms with Crippen molar-refractivity contribution in [2.24, 2.45) is 10.7 Å². The molecule has 0 spiro atoms. The first-order valence-corrected chi connectivity index (χ1v) is 7.35. The molecule has 6 nitrogen and oxygen atoms in total. The van der Waals surface area contributed by atoms with Crippen molar-refractivity contribution < 1.29 is 13.9 Å². The van der Waals surface area contributed by atoms with E-state index in [1.54, 1.807) is 25.1 Å². The standard InChI is InChI=1S/C15H14ClFN4O2/c1-2-23-15(22)9-7-19-21-13(18)11(12(16)20-14(9)21)8-5-3-4-6-10(8)17/h3-6,19H,2,7,18H2,1H3. The van der Waals surface area contributed by atoms with Gasteiger partial charge in [-0.1, -0.05) is 29.8 Å². The number of hydrogen-bond donors (Lipinski definition) is 2. The van der Waals surface area contributed by atoms with Gasteiger partial charge in [0.2, 0.25) is 0 Å². The van der Waals surface area contributed by atoms with Crippen molar-refractivity contribution in [2.45, 2.75) is 6.92 Å². The fraction of sp³-hybridized carbons (Fsp3) is 0.200. The molecule has 2 aliphatic rings. The summed E-state index contributed by atoms with van der Waals surface area (Å²) in [5.41, 5.74) is 9.87. The average Bonchev–Trinajstić information content (AvgIpc) is 2.93. The Bertz CT molecular complexity index is 772. The third-order valence-electron chi connectivity index (χ3n) is 3.47. The van der Waals surface area contributed by atoms with Gasteiger partial charge in [-0.15, -0.1) is 0 Å². The highest BCUT2D eigenvalue weighted by Gasteiger charge is 2.35. The maximum atomic E-state index is 14.0. The second kappa shape index (κ2) is 6.02. The molecule has 0 saturated heterocycles. The summed E-state index contributed by atoms with van der Waals surface area (Å²) >= 11 is 6.20. The lowest BCUT2D eigenvalue weighted by molar-refractivity contribution is -0.138. The van der Waals surface area contributed by atoms with Crippen LogP contribution in [-0.2, 0) is 9.53 Å². The molecule has 3 rings (SSSR count). The van der Waals surface area contributed by atoms with Crippen LogP contribution in [0.2, 0.25) is 0 Å². The number of nitrogens with one attached hydrogen (secondary N) is 1. The molecule has 0 aromatic heterocycles. The normalized spacial score (nSPS) is 17.3. The van der Waals surface area contributed by atoms with Crippen LogP contribution in [0.5, 0.6) is 0 Å². The Labute approximate surface area is 137 Å². The third-order valence-corrected chi connectivity index (χ3v) is 3.74. The zero-order valence-corrected chi connectivity index (χ0v) is 13.0. The summed E-state index contributed by atoms with van der Waals surface area (Å²) in [6.07, 6.45) is 0. The van der Waals surface area contributed by atoms with Gasteiger partial charge in [0.15, 0.2) is 5.82 Å². The topological polar surface area (TPSA) is 79.9 Å². The van der Waals surface area contributed by atoms with Crippen LogP contribution in [0.15, 0.2) is 46.5 Å². The van der Waals surface area contributed by atoms with Crippen LogP contribution in [0, 0.1) is 5.82 Å². The fourth-order valence-electron chi connectivity index (χ4n) is 2.42. The highest BCUT2D eigenvalue weighted by atomic mass is 35.5. The van der Waals surface area contributed by atoms with E-state index in [0.29, 0.717) is 5.57 Å². The highest BCUT2D eigenvalue weighted by Crippen LogP contribution is 2.33. The van der Waals surface area contributed by atoms with E-state index in [-0.39, 0.29) is 41.1 Å². The Balaban J connectivity index is 2.07. The highest BCUT2D eigenvalue weighted by molar-refractivity contribution is 6.76. The van der Waals surface area contributed by atoms with Crippen molar-refractivity contribution in [3.8, 4) is 0 Å². The number of carbonyl (C=O) groups excluding carboxylic acids is 1. The molecule has 1 aromatic carbocycles. The Morgan fingerprint density at radius 1 is 1.52 bits per heavy atom. The molecule has 120 valence electrons. The minimum absolute atomic E-state index is 0.0179. The van der Waals surface area contributed by atoms with Gasteiger partial charge in [-0.3, -0.25) is 0 Å². The number of carbonyl (C=O) groups is 1. The Kier molecular flexibility index (Phi) is 4.06. The molecule has 23 heavy (non-hydrogen) atoms. The van der Waals surface area contributed by atoms with E-state index in [0.717, 1.165) is 0 Å². The van der Waals surface area contributed by atoms with E-state index >= 15 is 0 Å². The molecule has 0 atom stereocenters. The van der Waals surface area contributed by atoms with Gasteiger partial charge in [0.25, 0.3) is 0 Å². The second-order valence-corrected chi connectivity index (χ2v) is 5.19. The summed E-state index contributed by atoms with van der Waals surface area (Å²) in [5.74, 6) is -0.515. The Morgan fingerprint density at radius 3 is 2.96 bits per heavy atom. The molecule has 0 radical (unpaired) electrons. The average molecular weight is 337 g/mol. The largest absolute Gasteiger partial charge is 0.462 e. The molecule has 0 bridgehead atoms. The number of nitrogens with zero attached hydrogens (tertiary/aromatic N) is 2. The lowest BCUT2D eigenvalue weighted by atomic mass is 10.0. The van der Waals surface area contributed by atoms with Gasteiger partial charge >= 0.3 is 5.97 Å². The lowest BCUT2D eigenvalue weighted by Gasteiger charge is -2.26. The summed E-state index contributed by atoms with van der Waals surface area (Å²) in [4.78, 5) is 16.1. The first-order valence-electron chi connectivity index (χ1n) is 6.97. The quantitative estimate of drug-likeness (QED) is 0.821. The number of hydrogen-bond acceptors (Lipinski definition) is 6. The number of ether oxygens (including phenoxy) is 1. The molecule has 0 saturated carbocycles. The van der Waals surface area contributed by atoms with Crippen LogP contribution in [0.3, 0.4) is 0 Å². The van der Waals surface area contributed by atoms with E-state index in [9.17, 15) is 9.18 Å². The molecule has 8 heteroatoms. The summed E-state index contributed by atoms with van der Waals surface area (Å²) in [7, 11) is 0. The van der Waals surface area contributed by atoms with Gasteiger partial charge in [0.1, 0.15) is 16.8 Å². The van der Waals surface area contributed by atoms with Gasteiger partial charge in [-0.2, -0.15) is 0 Å². The van der Waals surface area contributed by atoms with E-state index in [4.69, 9.17) is 22.1 Å². The monoisotopic (exact) mass is 336 g/mol. The molecule has 0 unspecified atom stereocenters. The van der Waals surface area contributed by atoms with Gasteiger partial charge < -0.3 is 10.5 Å². The SMILES string of the molecule is CCOC(=O)C1=C2N=C(Cl)C(c3ccccc3F)=C(N)N2NC1. The maximum Gasteiger partial charge on any atom is 0.339 e. The molecule has 1 aromatic rings. The van der Waals surface area contributed by atoms with Gasteiger partial charge in [0, 0.05) is 5.56 Å². The maximum absolute atomic E-state index is 14.0. The van der Waals surface area contributed by atoms with Gasteiger partial charge in [-0.25, -0.2) is 24.6 Å². The van der Waals surface area contributed by atoms with Crippen LogP contribution in [-0.4, -0.2) is 29.3 Å². The first-order chi connectivity index (χ1) is 11.0. The van der Waals surface area contributed by atoms with Crippen LogP contribution in [0.4, 0.5) is 4.39 Å². The van der Waals surface area contributed by atoms with Gasteiger partial charge in [0.05, 0.1) is 24.3 Å². The number of allylic oxidation sites excluding steroid dienone is 1. The molecule has 0 fully saturated rings. The first kappa shape index (κ1) is 15.5. The number of aliphatic imine (C=N–C) groups is 1. The van der Waals surface area contributed by atoms with Crippen molar-refractivity contribution in [3.63, 3.8) is 0 Å². The Hall–Kier alpha value is -2.38. The number of rotatable bonds is 3. The number of benzene rings is 1. The summed E-state index contributed by atoms with van der Waals surface area (Å²) in [6.45, 7) is 2.16. The zero-order valence-electron chi connectivity index (χ0n) is 12.3. The van der Waals surface area contributed by atoms with E-state index in [1.807, 2.05) is 0 Å². The van der Waals surface area contributed by atoms with Crippen molar-refractivity contribution in [1.82, 2.24) is 10.4 Å². The second-order valence-electron chi connectivity index (χ2n) is 4.84. The lowest BCUT2D eigenvalue weighted by Crippen LogP contribution is -2.38. The summed E-state index contributed by atoms with van der Waals surface area (Å²) in [6, 6.07) is 6.12. The molecular formula is C15H14ClFN4O2. The van der Waals surface area contributed by atoms with E-state index < -0.39 is 11.8 Å². The number of hydrazine groups is 1. The summed E-state index contributed by atoms with van der Waals surface area (Å²) < 4.78 is 19.0. The minimum Gasteiger partial charge on any atom is -0.462 e. The summed E-state index contributed by atoms with van der Waals surface area (Å²) in [5, 5.41) is 1.43. The number of fused-ring (bicyclic) bond motifs is 1. The number of halogens is 2. The number of esters is 1. The van der Waals surface area contributed by atoms with E-state index in [1.165, 1.54) is 11.1 Å². The predicted octanol–water partition coefficient (Wildman–Crippen LogP) is 1.70. The molecule has 0 amide bonds. The van der Waals surface area contributed by atoms with Crippen molar-refractivity contribution >= 4 is 28.3 Å². The van der Waals surface area contributed by atoms with Crippen molar-refractivity contribution in [1.29, 1.82) is 0 Å². The number of nitrogens with two attached hydrogens (primary N) is 1.